The number of rotatable bonds is 9. The van der Waals surface area contributed by atoms with Gasteiger partial charge in [-0.1, -0.05) is 96.9 Å². The second kappa shape index (κ2) is 7.89. The van der Waals surface area contributed by atoms with Crippen LogP contribution in [0.4, 0.5) is 0 Å². The molecule has 26 heavy (non-hydrogen) atoms. The lowest BCUT2D eigenvalue weighted by Gasteiger charge is -2.66. The highest BCUT2D eigenvalue weighted by molar-refractivity contribution is 6.82. The first kappa shape index (κ1) is 26.2. The summed E-state index contributed by atoms with van der Waals surface area (Å²) in [4.78, 5) is 0. The fraction of sp³-hybridized carbons (Fsp3) is 1.00. The lowest BCUT2D eigenvalue weighted by Crippen LogP contribution is -2.69. The van der Waals surface area contributed by atoms with Crippen molar-refractivity contribution in [1.82, 2.24) is 0 Å². The van der Waals surface area contributed by atoms with Crippen LogP contribution in [0.25, 0.3) is 0 Å². The quantitative estimate of drug-likeness (QED) is 0.361. The molecule has 0 bridgehead atoms. The summed E-state index contributed by atoms with van der Waals surface area (Å²) in [5.74, 6) is 2.22. The van der Waals surface area contributed by atoms with Crippen LogP contribution in [0.15, 0.2) is 0 Å². The highest BCUT2D eigenvalue weighted by Crippen LogP contribution is 2.70. The van der Waals surface area contributed by atoms with E-state index < -0.39 is 8.32 Å². The van der Waals surface area contributed by atoms with E-state index in [0.717, 1.165) is 0 Å². The molecule has 0 saturated heterocycles. The Morgan fingerprint density at radius 1 is 0.462 bits per heavy atom. The van der Waals surface area contributed by atoms with E-state index in [1.807, 2.05) is 0 Å². The minimum Gasteiger partial charge on any atom is -0.410 e. The maximum absolute atomic E-state index is 7.60. The third-order valence-corrected chi connectivity index (χ3v) is 16.9. The minimum atomic E-state index is -2.37. The monoisotopic (exact) mass is 384 g/mol. The molecule has 0 fully saturated rings. The van der Waals surface area contributed by atoms with Crippen LogP contribution in [0.2, 0.25) is 15.1 Å². The molecule has 158 valence electrons. The van der Waals surface area contributed by atoms with Crippen LogP contribution in [-0.2, 0) is 4.43 Å². The molecule has 2 heteroatoms. The molecule has 0 rings (SSSR count). The summed E-state index contributed by atoms with van der Waals surface area (Å²) in [5, 5.41) is 0.460. The molecule has 0 aromatic carbocycles. The lowest BCUT2D eigenvalue weighted by molar-refractivity contribution is 0.0154. The summed E-state index contributed by atoms with van der Waals surface area (Å²) in [6.07, 6.45) is 0. The van der Waals surface area contributed by atoms with E-state index in [0.29, 0.717) is 23.7 Å². The van der Waals surface area contributed by atoms with Gasteiger partial charge in [-0.25, -0.2) is 0 Å². The first-order valence-corrected chi connectivity index (χ1v) is 12.8. The van der Waals surface area contributed by atoms with Crippen LogP contribution in [0, 0.1) is 23.7 Å². The average molecular weight is 385 g/mol. The van der Waals surface area contributed by atoms with Crippen LogP contribution in [-0.4, -0.2) is 13.9 Å². The van der Waals surface area contributed by atoms with Gasteiger partial charge in [-0.05, 0) is 52.6 Å². The molecule has 0 saturated carbocycles. The summed E-state index contributed by atoms with van der Waals surface area (Å²) in [6.45, 7) is 38.7. The fourth-order valence-corrected chi connectivity index (χ4v) is 13.9. The van der Waals surface area contributed by atoms with Gasteiger partial charge in [-0.2, -0.15) is 0 Å². The summed E-state index contributed by atoms with van der Waals surface area (Å²) in [6, 6.07) is 0. The Kier molecular flexibility index (Phi) is 7.95. The lowest BCUT2D eigenvalue weighted by atomic mass is 9.95. The Morgan fingerprint density at radius 3 is 0.846 bits per heavy atom. The topological polar surface area (TPSA) is 9.23 Å². The zero-order valence-electron chi connectivity index (χ0n) is 21.2. The van der Waals surface area contributed by atoms with E-state index in [1.54, 1.807) is 0 Å². The van der Waals surface area contributed by atoms with Crippen molar-refractivity contribution < 1.29 is 4.43 Å². The molecule has 0 atom stereocenters. The first-order chi connectivity index (χ1) is 11.2. The van der Waals surface area contributed by atoms with Crippen LogP contribution >= 0.6 is 0 Å². The molecular weight excluding hydrogens is 332 g/mol. The smallest absolute Gasteiger partial charge is 0.210 e. The fourth-order valence-electron chi connectivity index (χ4n) is 4.62. The normalized spacial score (nSPS) is 15.7. The van der Waals surface area contributed by atoms with Gasteiger partial charge in [0.2, 0.25) is 8.32 Å². The molecule has 0 aliphatic carbocycles. The largest absolute Gasteiger partial charge is 0.410 e. The predicted octanol–water partition coefficient (Wildman–Crippen LogP) is 8.69. The minimum absolute atomic E-state index is 0.128. The molecule has 0 N–H and O–H groups in total. The van der Waals surface area contributed by atoms with Gasteiger partial charge < -0.3 is 4.43 Å². The third kappa shape index (κ3) is 3.97. The summed E-state index contributed by atoms with van der Waals surface area (Å²) >= 11 is 0. The van der Waals surface area contributed by atoms with Gasteiger partial charge in [-0.15, -0.1) is 0 Å². The molecule has 0 unspecified atom stereocenters. The van der Waals surface area contributed by atoms with Crippen molar-refractivity contribution in [2.45, 2.75) is 131 Å². The molecule has 0 aliphatic heterocycles. The van der Waals surface area contributed by atoms with Crippen molar-refractivity contribution in [3.8, 4) is 0 Å². The number of hydrogen-bond donors (Lipinski definition) is 0. The van der Waals surface area contributed by atoms with Gasteiger partial charge in [-0.3, -0.25) is 0 Å². The first-order valence-electron chi connectivity index (χ1n) is 10.9. The van der Waals surface area contributed by atoms with Gasteiger partial charge >= 0.3 is 0 Å². The van der Waals surface area contributed by atoms with E-state index in [9.17, 15) is 0 Å². The molecule has 1 nitrogen and oxygen atoms in total. The van der Waals surface area contributed by atoms with Gasteiger partial charge in [0.1, 0.15) is 0 Å². The molecule has 0 aliphatic rings. The van der Waals surface area contributed by atoms with Crippen molar-refractivity contribution >= 4 is 8.32 Å². The number of hydrogen-bond acceptors (Lipinski definition) is 1. The molecule has 0 aromatic rings. The molecule has 0 radical (unpaired) electrons. The van der Waals surface area contributed by atoms with Crippen molar-refractivity contribution in [3.63, 3.8) is 0 Å². The summed E-state index contributed by atoms with van der Waals surface area (Å²) in [7, 11) is -2.37. The molecule has 0 aromatic heterocycles. The molecule has 0 amide bonds. The van der Waals surface area contributed by atoms with Gasteiger partial charge in [0, 0.05) is 0 Å². The Balaban J connectivity index is 7.20. The summed E-state index contributed by atoms with van der Waals surface area (Å²) < 4.78 is 7.60. The Morgan fingerprint density at radius 2 is 0.692 bits per heavy atom. The second-order valence-electron chi connectivity index (χ2n) is 12.2. The Hall–Kier alpha value is 0.177. The van der Waals surface area contributed by atoms with Crippen molar-refractivity contribution in [3.05, 3.63) is 0 Å². The van der Waals surface area contributed by atoms with Gasteiger partial charge in [0.05, 0.1) is 5.60 Å². The van der Waals surface area contributed by atoms with Crippen LogP contribution in [0.5, 0.6) is 0 Å². The van der Waals surface area contributed by atoms with E-state index in [2.05, 4.69) is 111 Å². The van der Waals surface area contributed by atoms with E-state index in [4.69, 9.17) is 4.43 Å². The van der Waals surface area contributed by atoms with Crippen LogP contribution in [0.3, 0.4) is 0 Å². The second-order valence-corrected chi connectivity index (χ2v) is 17.6. The predicted molar refractivity (Wildman–Crippen MR) is 122 cm³/mol. The maximum Gasteiger partial charge on any atom is 0.210 e. The standard InChI is InChI=1S/C24H52OSi/c1-17(2)21(9,10)25-26(22(11,12)18(3)4,23(13,14)19(5)6)24(15,16)20(7)8/h17-20H,1-16H3. The zero-order chi connectivity index (χ0) is 21.5. The van der Waals surface area contributed by atoms with Crippen molar-refractivity contribution in [2.75, 3.05) is 0 Å². The van der Waals surface area contributed by atoms with Crippen LogP contribution in [0.1, 0.15) is 111 Å². The molecule has 0 heterocycles. The maximum atomic E-state index is 7.60. The third-order valence-electron chi connectivity index (χ3n) is 8.86. The molecular formula is C24H52OSi. The van der Waals surface area contributed by atoms with Crippen molar-refractivity contribution in [2.24, 2.45) is 23.7 Å². The highest BCUT2D eigenvalue weighted by atomic mass is 28.4. The summed E-state index contributed by atoms with van der Waals surface area (Å²) in [5.41, 5.74) is -0.128. The van der Waals surface area contributed by atoms with Crippen LogP contribution < -0.4 is 0 Å². The van der Waals surface area contributed by atoms with Gasteiger partial charge in [0.25, 0.3) is 0 Å². The zero-order valence-corrected chi connectivity index (χ0v) is 22.2. The average Bonchev–Trinajstić information content (AvgIpc) is 2.42. The van der Waals surface area contributed by atoms with E-state index in [-0.39, 0.29) is 20.7 Å². The SMILES string of the molecule is CC(C)C(C)(C)O[Si](C(C)(C)C(C)C)(C(C)(C)C(C)C)C(C)(C)C(C)C. The Labute approximate surface area is 168 Å². The van der Waals surface area contributed by atoms with Gasteiger partial charge in [0.15, 0.2) is 0 Å². The molecule has 0 spiro atoms. The van der Waals surface area contributed by atoms with Crippen molar-refractivity contribution in [1.29, 1.82) is 0 Å². The highest BCUT2D eigenvalue weighted by Gasteiger charge is 2.69. The van der Waals surface area contributed by atoms with E-state index >= 15 is 0 Å². The van der Waals surface area contributed by atoms with E-state index in [1.165, 1.54) is 0 Å². The Bertz CT molecular complexity index is 403.